The summed E-state index contributed by atoms with van der Waals surface area (Å²) in [6.07, 6.45) is 1.57. The molecule has 5 heteroatoms. The van der Waals surface area contributed by atoms with Crippen LogP contribution in [-0.2, 0) is 0 Å². The summed E-state index contributed by atoms with van der Waals surface area (Å²) in [5.41, 5.74) is 0.425. The molecular weight excluding hydrogens is 258 g/mol. The molecule has 104 valence electrons. The first-order valence-corrected chi connectivity index (χ1v) is 6.01. The normalized spacial score (nSPS) is 9.95. The van der Waals surface area contributed by atoms with Crippen LogP contribution in [0, 0.1) is 0 Å². The number of hydrogen-bond donors (Lipinski definition) is 0. The number of methoxy groups -OCH3 is 2. The fourth-order valence-electron chi connectivity index (χ4n) is 1.69. The molecule has 0 bridgehead atoms. The van der Waals surface area contributed by atoms with Gasteiger partial charge in [0.2, 0.25) is 5.88 Å². The standard InChI is InChI=1S/C15H15NO4/c1-10(17)14-5-4-6-16-15(14)20-13-8-11(18-2)7-12(9-13)19-3/h4-9H,1-3H3. The van der Waals surface area contributed by atoms with Crippen LogP contribution in [0.3, 0.4) is 0 Å². The maximum absolute atomic E-state index is 11.5. The van der Waals surface area contributed by atoms with E-state index < -0.39 is 0 Å². The van der Waals surface area contributed by atoms with E-state index in [-0.39, 0.29) is 11.7 Å². The molecule has 1 heterocycles. The van der Waals surface area contributed by atoms with E-state index in [0.717, 1.165) is 0 Å². The van der Waals surface area contributed by atoms with Crippen molar-refractivity contribution in [2.75, 3.05) is 14.2 Å². The summed E-state index contributed by atoms with van der Waals surface area (Å²) in [7, 11) is 3.11. The van der Waals surface area contributed by atoms with Crippen LogP contribution in [0.5, 0.6) is 23.1 Å². The van der Waals surface area contributed by atoms with Gasteiger partial charge in [0.1, 0.15) is 17.2 Å². The Morgan fingerprint density at radius 2 is 1.65 bits per heavy atom. The summed E-state index contributed by atoms with van der Waals surface area (Å²) in [6, 6.07) is 8.48. The highest BCUT2D eigenvalue weighted by Gasteiger charge is 2.11. The van der Waals surface area contributed by atoms with Crippen molar-refractivity contribution in [1.29, 1.82) is 0 Å². The average Bonchev–Trinajstić information content (AvgIpc) is 2.47. The molecule has 0 fully saturated rings. The third kappa shape index (κ3) is 3.06. The van der Waals surface area contributed by atoms with Crippen molar-refractivity contribution in [3.8, 4) is 23.1 Å². The molecule has 0 unspecified atom stereocenters. The van der Waals surface area contributed by atoms with Crippen LogP contribution < -0.4 is 14.2 Å². The van der Waals surface area contributed by atoms with Gasteiger partial charge in [-0.05, 0) is 19.1 Å². The van der Waals surface area contributed by atoms with Crippen molar-refractivity contribution in [3.05, 3.63) is 42.1 Å². The molecule has 0 spiro atoms. The summed E-state index contributed by atoms with van der Waals surface area (Å²) in [5.74, 6) is 1.83. The second-order valence-electron chi connectivity index (χ2n) is 4.06. The zero-order valence-electron chi connectivity index (χ0n) is 11.5. The van der Waals surface area contributed by atoms with Crippen molar-refractivity contribution >= 4 is 5.78 Å². The minimum absolute atomic E-state index is 0.108. The van der Waals surface area contributed by atoms with Crippen LogP contribution in [0.4, 0.5) is 0 Å². The molecule has 0 atom stereocenters. The molecule has 0 aliphatic rings. The number of pyridine rings is 1. The fourth-order valence-corrected chi connectivity index (χ4v) is 1.69. The summed E-state index contributed by atoms with van der Waals surface area (Å²) in [4.78, 5) is 15.6. The molecular formula is C15H15NO4. The Morgan fingerprint density at radius 3 is 2.20 bits per heavy atom. The summed E-state index contributed by atoms with van der Waals surface area (Å²) in [6.45, 7) is 1.47. The van der Waals surface area contributed by atoms with Crippen molar-refractivity contribution in [2.45, 2.75) is 6.92 Å². The van der Waals surface area contributed by atoms with Crippen LogP contribution >= 0.6 is 0 Å². The van der Waals surface area contributed by atoms with Crippen LogP contribution in [0.25, 0.3) is 0 Å². The topological polar surface area (TPSA) is 57.6 Å². The summed E-state index contributed by atoms with van der Waals surface area (Å²) >= 11 is 0. The number of rotatable bonds is 5. The Labute approximate surface area is 117 Å². The van der Waals surface area contributed by atoms with Gasteiger partial charge in [-0.15, -0.1) is 0 Å². The number of ether oxygens (including phenoxy) is 3. The van der Waals surface area contributed by atoms with E-state index >= 15 is 0 Å². The van der Waals surface area contributed by atoms with Gasteiger partial charge < -0.3 is 14.2 Å². The quantitative estimate of drug-likeness (QED) is 0.783. The van der Waals surface area contributed by atoms with E-state index in [4.69, 9.17) is 14.2 Å². The maximum atomic E-state index is 11.5. The lowest BCUT2D eigenvalue weighted by Crippen LogP contribution is -1.99. The lowest BCUT2D eigenvalue weighted by Gasteiger charge is -2.10. The molecule has 2 aromatic rings. The van der Waals surface area contributed by atoms with Gasteiger partial charge in [0.15, 0.2) is 5.78 Å². The average molecular weight is 273 g/mol. The first kappa shape index (κ1) is 13.9. The summed E-state index contributed by atoms with van der Waals surface area (Å²) in [5, 5.41) is 0. The van der Waals surface area contributed by atoms with Crippen LogP contribution in [0.1, 0.15) is 17.3 Å². The predicted molar refractivity (Wildman–Crippen MR) is 73.9 cm³/mol. The minimum Gasteiger partial charge on any atom is -0.496 e. The number of ketones is 1. The van der Waals surface area contributed by atoms with E-state index in [2.05, 4.69) is 4.98 Å². The minimum atomic E-state index is -0.108. The van der Waals surface area contributed by atoms with Gasteiger partial charge in [-0.2, -0.15) is 0 Å². The second-order valence-corrected chi connectivity index (χ2v) is 4.06. The Kier molecular flexibility index (Phi) is 4.20. The van der Waals surface area contributed by atoms with Crippen LogP contribution in [0.2, 0.25) is 0 Å². The van der Waals surface area contributed by atoms with Gasteiger partial charge in [0.25, 0.3) is 0 Å². The Morgan fingerprint density at radius 1 is 1.05 bits per heavy atom. The zero-order chi connectivity index (χ0) is 14.5. The largest absolute Gasteiger partial charge is 0.496 e. The molecule has 0 radical (unpaired) electrons. The molecule has 0 saturated heterocycles. The Bertz CT molecular complexity index is 603. The van der Waals surface area contributed by atoms with Gasteiger partial charge in [0.05, 0.1) is 19.8 Å². The van der Waals surface area contributed by atoms with Crippen LogP contribution in [0.15, 0.2) is 36.5 Å². The third-order valence-electron chi connectivity index (χ3n) is 2.69. The molecule has 1 aromatic heterocycles. The molecule has 2 rings (SSSR count). The Balaban J connectivity index is 2.37. The molecule has 20 heavy (non-hydrogen) atoms. The van der Waals surface area contributed by atoms with E-state index in [1.54, 1.807) is 50.7 Å². The molecule has 5 nitrogen and oxygen atoms in total. The highest BCUT2D eigenvalue weighted by molar-refractivity contribution is 5.96. The zero-order valence-corrected chi connectivity index (χ0v) is 11.5. The van der Waals surface area contributed by atoms with Crippen LogP contribution in [-0.4, -0.2) is 25.0 Å². The first-order chi connectivity index (χ1) is 9.63. The number of hydrogen-bond acceptors (Lipinski definition) is 5. The molecule has 0 aliphatic carbocycles. The van der Waals surface area contributed by atoms with E-state index in [0.29, 0.717) is 22.8 Å². The highest BCUT2D eigenvalue weighted by Crippen LogP contribution is 2.31. The number of nitrogens with zero attached hydrogens (tertiary/aromatic N) is 1. The molecule has 0 saturated carbocycles. The first-order valence-electron chi connectivity index (χ1n) is 6.01. The van der Waals surface area contributed by atoms with Crippen molar-refractivity contribution < 1.29 is 19.0 Å². The number of carbonyl (C=O) groups excluding carboxylic acids is 1. The van der Waals surface area contributed by atoms with E-state index in [1.165, 1.54) is 6.92 Å². The van der Waals surface area contributed by atoms with Crippen molar-refractivity contribution in [3.63, 3.8) is 0 Å². The number of benzene rings is 1. The van der Waals surface area contributed by atoms with E-state index in [1.807, 2.05) is 0 Å². The third-order valence-corrected chi connectivity index (χ3v) is 2.69. The van der Waals surface area contributed by atoms with E-state index in [9.17, 15) is 4.79 Å². The molecule has 1 aromatic carbocycles. The van der Waals surface area contributed by atoms with Crippen molar-refractivity contribution in [1.82, 2.24) is 4.98 Å². The second kappa shape index (κ2) is 6.06. The highest BCUT2D eigenvalue weighted by atomic mass is 16.5. The summed E-state index contributed by atoms with van der Waals surface area (Å²) < 4.78 is 16.0. The van der Waals surface area contributed by atoms with Gasteiger partial charge in [-0.1, -0.05) is 0 Å². The number of aromatic nitrogens is 1. The van der Waals surface area contributed by atoms with Crippen molar-refractivity contribution in [2.24, 2.45) is 0 Å². The lowest BCUT2D eigenvalue weighted by atomic mass is 10.2. The molecule has 0 N–H and O–H groups in total. The molecule has 0 aliphatic heterocycles. The Hall–Kier alpha value is -2.56. The monoisotopic (exact) mass is 273 g/mol. The van der Waals surface area contributed by atoms with Gasteiger partial charge in [-0.3, -0.25) is 4.79 Å². The number of Topliss-reactive ketones (excluding diaryl/α,β-unsaturated/α-hetero) is 1. The van der Waals surface area contributed by atoms with Gasteiger partial charge in [0, 0.05) is 24.4 Å². The van der Waals surface area contributed by atoms with Gasteiger partial charge in [-0.25, -0.2) is 4.98 Å². The lowest BCUT2D eigenvalue weighted by molar-refractivity contribution is 0.101. The fraction of sp³-hybridized carbons (Fsp3) is 0.200. The SMILES string of the molecule is COc1cc(OC)cc(Oc2ncccc2C(C)=O)c1. The smallest absolute Gasteiger partial charge is 0.230 e. The maximum Gasteiger partial charge on any atom is 0.230 e. The molecule has 0 amide bonds. The number of carbonyl (C=O) groups is 1. The predicted octanol–water partition coefficient (Wildman–Crippen LogP) is 3.09. The van der Waals surface area contributed by atoms with Gasteiger partial charge >= 0.3 is 0 Å².